The molecule has 0 aliphatic heterocycles. The predicted octanol–water partition coefficient (Wildman–Crippen LogP) is 7.14. The molecule has 148 valence electrons. The van der Waals surface area contributed by atoms with Crippen molar-refractivity contribution in [1.29, 1.82) is 0 Å². The molecule has 2 nitrogen and oxygen atoms in total. The molecule has 0 N–H and O–H groups in total. The van der Waals surface area contributed by atoms with E-state index in [0.717, 1.165) is 29.5 Å². The number of benzene rings is 2. The van der Waals surface area contributed by atoms with Crippen LogP contribution < -0.4 is 4.74 Å². The van der Waals surface area contributed by atoms with E-state index >= 15 is 0 Å². The highest BCUT2D eigenvalue weighted by Crippen LogP contribution is 2.42. The van der Waals surface area contributed by atoms with E-state index in [9.17, 15) is 4.39 Å². The van der Waals surface area contributed by atoms with E-state index in [1.807, 2.05) is 18.2 Å². The SMILES string of the molecule is CCCCO[C@H](c1cc(CCl)ccc1-c1cc(OC)ccc1F)C(C)(C)C. The Bertz CT molecular complexity index is 753. The van der Waals surface area contributed by atoms with E-state index < -0.39 is 0 Å². The summed E-state index contributed by atoms with van der Waals surface area (Å²) in [7, 11) is 1.58. The maximum Gasteiger partial charge on any atom is 0.131 e. The van der Waals surface area contributed by atoms with Crippen LogP contribution in [0, 0.1) is 11.2 Å². The minimum atomic E-state index is -0.281. The van der Waals surface area contributed by atoms with Crippen molar-refractivity contribution in [3.8, 4) is 16.9 Å². The molecule has 2 aromatic carbocycles. The van der Waals surface area contributed by atoms with Crippen molar-refractivity contribution in [2.75, 3.05) is 13.7 Å². The number of unbranched alkanes of at least 4 members (excludes halogenated alkanes) is 1. The lowest BCUT2D eigenvalue weighted by Gasteiger charge is -2.33. The third-order valence-electron chi connectivity index (χ3n) is 4.59. The maximum atomic E-state index is 14.7. The molecule has 0 bridgehead atoms. The zero-order valence-corrected chi connectivity index (χ0v) is 17.7. The van der Waals surface area contributed by atoms with Crippen molar-refractivity contribution in [2.45, 2.75) is 52.5 Å². The lowest BCUT2D eigenvalue weighted by molar-refractivity contribution is -0.0207. The lowest BCUT2D eigenvalue weighted by Crippen LogP contribution is -2.23. The van der Waals surface area contributed by atoms with Crippen LogP contribution in [0.3, 0.4) is 0 Å². The van der Waals surface area contributed by atoms with Crippen molar-refractivity contribution in [1.82, 2.24) is 0 Å². The first-order chi connectivity index (χ1) is 12.8. The molecule has 0 saturated carbocycles. The zero-order chi connectivity index (χ0) is 20.0. The van der Waals surface area contributed by atoms with Crippen LogP contribution in [0.1, 0.15) is 57.8 Å². The summed E-state index contributed by atoms with van der Waals surface area (Å²) in [4.78, 5) is 0. The van der Waals surface area contributed by atoms with Crippen LogP contribution in [-0.4, -0.2) is 13.7 Å². The number of rotatable bonds is 8. The summed E-state index contributed by atoms with van der Waals surface area (Å²) in [6.07, 6.45) is 1.88. The Morgan fingerprint density at radius 2 is 1.81 bits per heavy atom. The molecule has 0 saturated heterocycles. The van der Waals surface area contributed by atoms with Crippen LogP contribution in [0.25, 0.3) is 11.1 Å². The van der Waals surface area contributed by atoms with Gasteiger partial charge in [-0.25, -0.2) is 4.39 Å². The summed E-state index contributed by atoms with van der Waals surface area (Å²) in [5.41, 5.74) is 3.13. The van der Waals surface area contributed by atoms with Gasteiger partial charge in [0.25, 0.3) is 0 Å². The van der Waals surface area contributed by atoms with Crippen LogP contribution in [0.5, 0.6) is 5.75 Å². The summed E-state index contributed by atoms with van der Waals surface area (Å²) >= 11 is 6.09. The van der Waals surface area contributed by atoms with Gasteiger partial charge in [-0.15, -0.1) is 11.6 Å². The molecular weight excluding hydrogens is 363 g/mol. The molecule has 27 heavy (non-hydrogen) atoms. The number of alkyl halides is 1. The predicted molar refractivity (Wildman–Crippen MR) is 111 cm³/mol. The first-order valence-electron chi connectivity index (χ1n) is 9.46. The van der Waals surface area contributed by atoms with Gasteiger partial charge >= 0.3 is 0 Å². The Hall–Kier alpha value is -1.58. The number of ether oxygens (including phenoxy) is 2. The van der Waals surface area contributed by atoms with Crippen molar-refractivity contribution in [2.24, 2.45) is 5.41 Å². The standard InChI is InChI=1S/C23H30ClFO2/c1-6-7-12-27-22(23(2,3)4)20-13-16(15-24)8-10-18(20)19-14-17(26-5)9-11-21(19)25/h8-11,13-14,22H,6-7,12,15H2,1-5H3/t22-/m1/s1. The fraction of sp³-hybridized carbons (Fsp3) is 0.478. The van der Waals surface area contributed by atoms with E-state index in [2.05, 4.69) is 27.7 Å². The summed E-state index contributed by atoms with van der Waals surface area (Å²) in [6.45, 7) is 9.23. The topological polar surface area (TPSA) is 18.5 Å². The molecule has 0 unspecified atom stereocenters. The molecule has 0 aliphatic rings. The smallest absolute Gasteiger partial charge is 0.131 e. The van der Waals surface area contributed by atoms with Crippen LogP contribution >= 0.6 is 11.6 Å². The quantitative estimate of drug-likeness (QED) is 0.351. The van der Waals surface area contributed by atoms with E-state index in [1.54, 1.807) is 19.2 Å². The van der Waals surface area contributed by atoms with Crippen molar-refractivity contribution < 1.29 is 13.9 Å². The second kappa shape index (κ2) is 9.57. The number of hydrogen-bond acceptors (Lipinski definition) is 2. The third-order valence-corrected chi connectivity index (χ3v) is 4.89. The molecule has 0 aromatic heterocycles. The molecular formula is C23H30ClFO2. The Labute approximate surface area is 167 Å². The fourth-order valence-corrected chi connectivity index (χ4v) is 3.31. The highest BCUT2D eigenvalue weighted by Gasteiger charge is 2.30. The molecule has 0 aliphatic carbocycles. The second-order valence-electron chi connectivity index (χ2n) is 7.87. The van der Waals surface area contributed by atoms with Crippen molar-refractivity contribution >= 4 is 11.6 Å². The monoisotopic (exact) mass is 392 g/mol. The average Bonchev–Trinajstić information content (AvgIpc) is 2.64. The summed E-state index contributed by atoms with van der Waals surface area (Å²) in [6, 6.07) is 10.7. The van der Waals surface area contributed by atoms with E-state index in [-0.39, 0.29) is 17.3 Å². The molecule has 2 rings (SSSR count). The molecule has 0 spiro atoms. The molecule has 0 amide bonds. The van der Waals surface area contributed by atoms with Gasteiger partial charge in [-0.05, 0) is 46.7 Å². The van der Waals surface area contributed by atoms with E-state index in [4.69, 9.17) is 21.1 Å². The van der Waals surface area contributed by atoms with Gasteiger partial charge in [-0.1, -0.05) is 52.3 Å². The second-order valence-corrected chi connectivity index (χ2v) is 8.14. The highest BCUT2D eigenvalue weighted by atomic mass is 35.5. The van der Waals surface area contributed by atoms with Gasteiger partial charge < -0.3 is 9.47 Å². The van der Waals surface area contributed by atoms with Gasteiger partial charge in [-0.2, -0.15) is 0 Å². The molecule has 4 heteroatoms. The van der Waals surface area contributed by atoms with Gasteiger partial charge in [-0.3, -0.25) is 0 Å². The number of methoxy groups -OCH3 is 1. The van der Waals surface area contributed by atoms with Gasteiger partial charge in [0, 0.05) is 18.1 Å². The van der Waals surface area contributed by atoms with Gasteiger partial charge in [0.15, 0.2) is 0 Å². The Balaban J connectivity index is 2.62. The lowest BCUT2D eigenvalue weighted by atomic mass is 9.81. The molecule has 0 radical (unpaired) electrons. The van der Waals surface area contributed by atoms with E-state index in [1.165, 1.54) is 6.07 Å². The zero-order valence-electron chi connectivity index (χ0n) is 16.9. The van der Waals surface area contributed by atoms with Crippen molar-refractivity contribution in [3.05, 3.63) is 53.3 Å². The largest absolute Gasteiger partial charge is 0.497 e. The highest BCUT2D eigenvalue weighted by molar-refractivity contribution is 6.17. The molecule has 0 heterocycles. The third kappa shape index (κ3) is 5.46. The van der Waals surface area contributed by atoms with Crippen LogP contribution in [0.15, 0.2) is 36.4 Å². The van der Waals surface area contributed by atoms with Gasteiger partial charge in [0.2, 0.25) is 0 Å². The minimum Gasteiger partial charge on any atom is -0.497 e. The normalized spacial score (nSPS) is 12.9. The van der Waals surface area contributed by atoms with Gasteiger partial charge in [0.05, 0.1) is 13.2 Å². The number of halogens is 2. The first kappa shape index (κ1) is 21.7. The first-order valence-corrected chi connectivity index (χ1v) is 9.99. The Morgan fingerprint density at radius 1 is 1.07 bits per heavy atom. The van der Waals surface area contributed by atoms with E-state index in [0.29, 0.717) is 23.8 Å². The molecule has 0 fully saturated rings. The summed E-state index contributed by atoms with van der Waals surface area (Å²) in [5, 5.41) is 0. The average molecular weight is 393 g/mol. The van der Waals surface area contributed by atoms with Gasteiger partial charge in [0.1, 0.15) is 11.6 Å². The van der Waals surface area contributed by atoms with Crippen molar-refractivity contribution in [3.63, 3.8) is 0 Å². The summed E-state index contributed by atoms with van der Waals surface area (Å²) in [5.74, 6) is 0.745. The fourth-order valence-electron chi connectivity index (χ4n) is 3.15. The Morgan fingerprint density at radius 3 is 2.41 bits per heavy atom. The van der Waals surface area contributed by atoms with Crippen LogP contribution in [0.4, 0.5) is 4.39 Å². The van der Waals surface area contributed by atoms with Crippen LogP contribution in [0.2, 0.25) is 0 Å². The Kier molecular flexibility index (Phi) is 7.69. The molecule has 2 aromatic rings. The minimum absolute atomic E-state index is 0.150. The van der Waals surface area contributed by atoms with Crippen LogP contribution in [-0.2, 0) is 10.6 Å². The maximum absolute atomic E-state index is 14.7. The number of hydrogen-bond donors (Lipinski definition) is 0. The molecule has 1 atom stereocenters. The summed E-state index contributed by atoms with van der Waals surface area (Å²) < 4.78 is 26.3.